The predicted octanol–water partition coefficient (Wildman–Crippen LogP) is 2.51. The molecule has 1 aromatic carbocycles. The molecule has 1 fully saturated rings. The first-order chi connectivity index (χ1) is 11.5. The van der Waals surface area contributed by atoms with Crippen molar-refractivity contribution in [2.24, 2.45) is 0 Å². The Kier molecular flexibility index (Phi) is 4.71. The fourth-order valence-electron chi connectivity index (χ4n) is 3.03. The number of hydrogen-bond acceptors (Lipinski definition) is 2. The summed E-state index contributed by atoms with van der Waals surface area (Å²) in [7, 11) is 0. The Morgan fingerprint density at radius 2 is 2.04 bits per heavy atom. The van der Waals surface area contributed by atoms with E-state index in [1.54, 1.807) is 0 Å². The number of para-hydroxylation sites is 1. The minimum atomic E-state index is -2.68. The third kappa shape index (κ3) is 3.67. The summed E-state index contributed by atoms with van der Waals surface area (Å²) in [6, 6.07) is 6.94. The first-order valence-corrected chi connectivity index (χ1v) is 8.07. The number of aromatic nitrogens is 1. The van der Waals surface area contributed by atoms with Crippen LogP contribution in [0.15, 0.2) is 30.5 Å². The molecule has 0 saturated carbocycles. The number of benzene rings is 1. The summed E-state index contributed by atoms with van der Waals surface area (Å²) in [6.07, 6.45) is 1.70. The molecule has 5 nitrogen and oxygen atoms in total. The number of piperidine rings is 1. The van der Waals surface area contributed by atoms with Crippen molar-refractivity contribution in [3.63, 3.8) is 0 Å². The maximum Gasteiger partial charge on any atom is 0.317 e. The lowest BCUT2D eigenvalue weighted by Gasteiger charge is -2.32. The van der Waals surface area contributed by atoms with Gasteiger partial charge in [-0.1, -0.05) is 18.2 Å². The summed E-state index contributed by atoms with van der Waals surface area (Å²) in [5.74, 6) is -2.68. The second-order valence-electron chi connectivity index (χ2n) is 6.24. The van der Waals surface area contributed by atoms with E-state index in [1.165, 1.54) is 4.90 Å². The highest BCUT2D eigenvalue weighted by molar-refractivity contribution is 5.83. The van der Waals surface area contributed by atoms with Crippen LogP contribution < -0.4 is 5.32 Å². The van der Waals surface area contributed by atoms with Gasteiger partial charge in [0.15, 0.2) is 0 Å². The van der Waals surface area contributed by atoms with E-state index in [9.17, 15) is 18.7 Å². The minimum absolute atomic E-state index is 0.0318. The molecule has 1 aliphatic rings. The molecule has 2 aromatic rings. The van der Waals surface area contributed by atoms with Crippen molar-refractivity contribution >= 4 is 16.9 Å². The Hall–Kier alpha value is -2.15. The molecule has 2 amide bonds. The Morgan fingerprint density at radius 3 is 2.75 bits per heavy atom. The Morgan fingerprint density at radius 1 is 1.33 bits per heavy atom. The van der Waals surface area contributed by atoms with Gasteiger partial charge >= 0.3 is 6.03 Å². The molecule has 0 spiro atoms. The molecule has 1 aliphatic heterocycles. The van der Waals surface area contributed by atoms with Crippen LogP contribution in [-0.4, -0.2) is 52.7 Å². The van der Waals surface area contributed by atoms with E-state index in [-0.39, 0.29) is 32.5 Å². The van der Waals surface area contributed by atoms with Crippen LogP contribution in [0, 0.1) is 0 Å². The fourth-order valence-corrected chi connectivity index (χ4v) is 3.03. The number of aromatic amines is 1. The molecular weight excluding hydrogens is 316 g/mol. The standard InChI is InChI=1S/C17H21F2N3O2/c18-17(19)5-7-22(8-6-17)16(24)21-13(11-23)9-12-10-20-15-4-2-1-3-14(12)15/h1-4,10,13,20,23H,5-9,11H2,(H,21,24). The van der Waals surface area contributed by atoms with E-state index < -0.39 is 18.0 Å². The number of carbonyl (C=O) groups is 1. The summed E-state index contributed by atoms with van der Waals surface area (Å²) in [5.41, 5.74) is 1.99. The van der Waals surface area contributed by atoms with E-state index in [0.29, 0.717) is 6.42 Å². The Bertz CT molecular complexity index is 707. The number of rotatable bonds is 4. The number of carbonyl (C=O) groups excluding carboxylic acids is 1. The molecule has 130 valence electrons. The van der Waals surface area contributed by atoms with E-state index in [4.69, 9.17) is 0 Å². The van der Waals surface area contributed by atoms with Gasteiger partial charge in [-0.05, 0) is 18.1 Å². The van der Waals surface area contributed by atoms with Gasteiger partial charge in [-0.25, -0.2) is 13.6 Å². The predicted molar refractivity (Wildman–Crippen MR) is 87.2 cm³/mol. The molecule has 1 saturated heterocycles. The molecule has 7 heteroatoms. The number of nitrogens with zero attached hydrogens (tertiary/aromatic N) is 1. The van der Waals surface area contributed by atoms with E-state index >= 15 is 0 Å². The number of halogens is 2. The summed E-state index contributed by atoms with van der Waals surface area (Å²) >= 11 is 0. The molecule has 24 heavy (non-hydrogen) atoms. The third-order valence-electron chi connectivity index (χ3n) is 4.47. The number of hydrogen-bond donors (Lipinski definition) is 3. The van der Waals surface area contributed by atoms with Crippen molar-refractivity contribution in [2.45, 2.75) is 31.2 Å². The third-order valence-corrected chi connectivity index (χ3v) is 4.47. The quantitative estimate of drug-likeness (QED) is 0.802. The van der Waals surface area contributed by atoms with Crippen molar-refractivity contribution in [1.82, 2.24) is 15.2 Å². The van der Waals surface area contributed by atoms with Crippen molar-refractivity contribution in [3.05, 3.63) is 36.0 Å². The van der Waals surface area contributed by atoms with Gasteiger partial charge in [-0.15, -0.1) is 0 Å². The van der Waals surface area contributed by atoms with Crippen LogP contribution in [0.5, 0.6) is 0 Å². The molecule has 1 unspecified atom stereocenters. The normalized spacial score (nSPS) is 18.5. The molecule has 1 aromatic heterocycles. The van der Waals surface area contributed by atoms with E-state index in [1.807, 2.05) is 30.5 Å². The lowest BCUT2D eigenvalue weighted by atomic mass is 10.1. The SMILES string of the molecule is O=C(NC(CO)Cc1c[nH]c2ccccc12)N1CCC(F)(F)CC1. The molecule has 0 bridgehead atoms. The number of urea groups is 1. The van der Waals surface area contributed by atoms with Crippen molar-refractivity contribution in [3.8, 4) is 0 Å². The van der Waals surface area contributed by atoms with Crippen molar-refractivity contribution in [2.75, 3.05) is 19.7 Å². The fraction of sp³-hybridized carbons (Fsp3) is 0.471. The number of alkyl halides is 2. The average Bonchev–Trinajstić information content (AvgIpc) is 2.97. The highest BCUT2D eigenvalue weighted by atomic mass is 19.3. The summed E-state index contributed by atoms with van der Waals surface area (Å²) in [6.45, 7) is -0.149. The first kappa shape index (κ1) is 16.7. The average molecular weight is 337 g/mol. The van der Waals surface area contributed by atoms with Crippen LogP contribution in [0.4, 0.5) is 13.6 Å². The van der Waals surface area contributed by atoms with Crippen LogP contribution in [0.25, 0.3) is 10.9 Å². The zero-order valence-electron chi connectivity index (χ0n) is 13.3. The monoisotopic (exact) mass is 337 g/mol. The van der Waals surface area contributed by atoms with E-state index in [0.717, 1.165) is 16.5 Å². The number of amides is 2. The van der Waals surface area contributed by atoms with Crippen LogP contribution in [0.2, 0.25) is 0 Å². The summed E-state index contributed by atoms with van der Waals surface area (Å²) in [5, 5.41) is 13.4. The molecule has 3 rings (SSSR count). The molecule has 0 aliphatic carbocycles. The number of H-pyrrole nitrogens is 1. The van der Waals surface area contributed by atoms with Gasteiger partial charge in [-0.3, -0.25) is 0 Å². The molecule has 2 heterocycles. The second kappa shape index (κ2) is 6.76. The maximum atomic E-state index is 13.2. The molecule has 1 atom stereocenters. The topological polar surface area (TPSA) is 68.4 Å². The van der Waals surface area contributed by atoms with Gasteiger partial charge in [0.05, 0.1) is 12.6 Å². The first-order valence-electron chi connectivity index (χ1n) is 8.07. The van der Waals surface area contributed by atoms with E-state index in [2.05, 4.69) is 10.3 Å². The zero-order chi connectivity index (χ0) is 17.2. The lowest BCUT2D eigenvalue weighted by molar-refractivity contribution is -0.0471. The lowest BCUT2D eigenvalue weighted by Crippen LogP contribution is -2.51. The largest absolute Gasteiger partial charge is 0.394 e. The molecular formula is C17H21F2N3O2. The number of fused-ring (bicyclic) bond motifs is 1. The minimum Gasteiger partial charge on any atom is -0.394 e. The highest BCUT2D eigenvalue weighted by Crippen LogP contribution is 2.27. The smallest absolute Gasteiger partial charge is 0.317 e. The summed E-state index contributed by atoms with van der Waals surface area (Å²) < 4.78 is 26.3. The summed E-state index contributed by atoms with van der Waals surface area (Å²) in [4.78, 5) is 16.8. The van der Waals surface area contributed by atoms with Gasteiger partial charge < -0.3 is 20.3 Å². The number of likely N-dealkylation sites (tertiary alicyclic amines) is 1. The number of aliphatic hydroxyl groups is 1. The number of aliphatic hydroxyl groups excluding tert-OH is 1. The molecule has 0 radical (unpaired) electrons. The van der Waals surface area contributed by atoms with Gasteiger partial charge in [0.2, 0.25) is 0 Å². The number of nitrogens with one attached hydrogen (secondary N) is 2. The van der Waals surface area contributed by atoms with Crippen molar-refractivity contribution < 1.29 is 18.7 Å². The molecule has 3 N–H and O–H groups in total. The van der Waals surface area contributed by atoms with Crippen LogP contribution in [0.3, 0.4) is 0 Å². The second-order valence-corrected chi connectivity index (χ2v) is 6.24. The highest BCUT2D eigenvalue weighted by Gasteiger charge is 2.35. The maximum absolute atomic E-state index is 13.2. The Labute approximate surface area is 138 Å². The van der Waals surface area contributed by atoms with Gasteiger partial charge in [0.25, 0.3) is 5.92 Å². The van der Waals surface area contributed by atoms with Gasteiger partial charge in [0.1, 0.15) is 0 Å². The van der Waals surface area contributed by atoms with Crippen molar-refractivity contribution in [1.29, 1.82) is 0 Å². The van der Waals surface area contributed by atoms with Gasteiger partial charge in [0, 0.05) is 43.0 Å². The zero-order valence-corrected chi connectivity index (χ0v) is 13.3. The van der Waals surface area contributed by atoms with Crippen LogP contribution in [-0.2, 0) is 6.42 Å². The van der Waals surface area contributed by atoms with Crippen LogP contribution >= 0.6 is 0 Å². The van der Waals surface area contributed by atoms with Gasteiger partial charge in [-0.2, -0.15) is 0 Å². The van der Waals surface area contributed by atoms with Crippen LogP contribution in [0.1, 0.15) is 18.4 Å². The Balaban J connectivity index is 1.61.